The number of fused-ring (bicyclic) bond motifs is 1. The molecular formula is C18H18N4O3. The predicted octanol–water partition coefficient (Wildman–Crippen LogP) is 2.06. The van der Waals surface area contributed by atoms with Crippen LogP contribution in [0.15, 0.2) is 41.0 Å². The molecule has 25 heavy (non-hydrogen) atoms. The second-order valence-corrected chi connectivity index (χ2v) is 6.18. The van der Waals surface area contributed by atoms with E-state index in [4.69, 9.17) is 4.42 Å². The highest BCUT2D eigenvalue weighted by molar-refractivity contribution is 6.05. The molecule has 1 aliphatic rings. The van der Waals surface area contributed by atoms with Crippen molar-refractivity contribution in [2.75, 3.05) is 26.2 Å². The Morgan fingerprint density at radius 2 is 1.80 bits per heavy atom. The number of hydrogen-bond donors (Lipinski definition) is 1. The van der Waals surface area contributed by atoms with Gasteiger partial charge in [-0.15, -0.1) is 0 Å². The molecule has 1 aliphatic heterocycles. The fraction of sp³-hybridized carbons (Fsp3) is 0.278. The largest absolute Gasteiger partial charge is 0.459 e. The van der Waals surface area contributed by atoms with Crippen molar-refractivity contribution >= 4 is 22.7 Å². The number of aromatic amines is 1. The van der Waals surface area contributed by atoms with Gasteiger partial charge in [0.15, 0.2) is 11.5 Å². The number of rotatable bonds is 2. The van der Waals surface area contributed by atoms with Crippen LogP contribution in [0.5, 0.6) is 0 Å². The van der Waals surface area contributed by atoms with E-state index in [1.54, 1.807) is 21.9 Å². The summed E-state index contributed by atoms with van der Waals surface area (Å²) in [7, 11) is 0. The minimum absolute atomic E-state index is 0.109. The first-order valence-electron chi connectivity index (χ1n) is 8.20. The SMILES string of the molecule is Cc1ccc2[nH]nc(C(=O)N3CCN(C(=O)c4ccco4)CC3)c2c1. The van der Waals surface area contributed by atoms with Crippen molar-refractivity contribution in [1.82, 2.24) is 20.0 Å². The van der Waals surface area contributed by atoms with Crippen LogP contribution in [-0.2, 0) is 0 Å². The van der Waals surface area contributed by atoms with Crippen LogP contribution in [0.4, 0.5) is 0 Å². The molecule has 1 N–H and O–H groups in total. The van der Waals surface area contributed by atoms with Crippen molar-refractivity contribution in [3.63, 3.8) is 0 Å². The minimum atomic E-state index is -0.141. The molecule has 7 nitrogen and oxygen atoms in total. The molecule has 3 aromatic rings. The summed E-state index contributed by atoms with van der Waals surface area (Å²) in [6.07, 6.45) is 1.48. The zero-order chi connectivity index (χ0) is 17.4. The molecule has 0 atom stereocenters. The molecular weight excluding hydrogens is 320 g/mol. The second-order valence-electron chi connectivity index (χ2n) is 6.18. The molecule has 0 radical (unpaired) electrons. The number of furan rings is 1. The van der Waals surface area contributed by atoms with Gasteiger partial charge in [-0.25, -0.2) is 0 Å². The smallest absolute Gasteiger partial charge is 0.289 e. The highest BCUT2D eigenvalue weighted by Gasteiger charge is 2.28. The van der Waals surface area contributed by atoms with Crippen molar-refractivity contribution < 1.29 is 14.0 Å². The molecule has 2 aromatic heterocycles. The van der Waals surface area contributed by atoms with Gasteiger partial charge in [0, 0.05) is 31.6 Å². The molecule has 0 aliphatic carbocycles. The zero-order valence-corrected chi connectivity index (χ0v) is 13.9. The van der Waals surface area contributed by atoms with Crippen LogP contribution in [0.1, 0.15) is 26.6 Å². The first-order chi connectivity index (χ1) is 12.1. The molecule has 0 bridgehead atoms. The van der Waals surface area contributed by atoms with Crippen molar-refractivity contribution in [2.24, 2.45) is 0 Å². The topological polar surface area (TPSA) is 82.4 Å². The van der Waals surface area contributed by atoms with Gasteiger partial charge in [0.05, 0.1) is 11.8 Å². The van der Waals surface area contributed by atoms with Gasteiger partial charge in [-0.05, 0) is 31.2 Å². The van der Waals surface area contributed by atoms with E-state index in [0.29, 0.717) is 37.6 Å². The van der Waals surface area contributed by atoms with E-state index in [2.05, 4.69) is 10.2 Å². The second kappa shape index (κ2) is 6.08. The zero-order valence-electron chi connectivity index (χ0n) is 13.9. The molecule has 1 fully saturated rings. The van der Waals surface area contributed by atoms with Crippen LogP contribution >= 0.6 is 0 Å². The van der Waals surface area contributed by atoms with Crippen molar-refractivity contribution in [3.05, 3.63) is 53.6 Å². The number of nitrogens with one attached hydrogen (secondary N) is 1. The number of hydrogen-bond acceptors (Lipinski definition) is 4. The first kappa shape index (κ1) is 15.4. The van der Waals surface area contributed by atoms with Crippen molar-refractivity contribution in [1.29, 1.82) is 0 Å². The highest BCUT2D eigenvalue weighted by Crippen LogP contribution is 2.20. The third kappa shape index (κ3) is 2.77. The Bertz CT molecular complexity index is 921. The van der Waals surface area contributed by atoms with Gasteiger partial charge in [-0.3, -0.25) is 14.7 Å². The molecule has 0 spiro atoms. The average Bonchev–Trinajstić information content (AvgIpc) is 3.30. The molecule has 0 unspecified atom stereocenters. The summed E-state index contributed by atoms with van der Waals surface area (Å²) in [6, 6.07) is 9.21. The number of amides is 2. The number of aryl methyl sites for hydroxylation is 1. The van der Waals surface area contributed by atoms with Gasteiger partial charge in [-0.1, -0.05) is 11.6 Å². The van der Waals surface area contributed by atoms with E-state index in [1.807, 2.05) is 25.1 Å². The fourth-order valence-electron chi connectivity index (χ4n) is 3.11. The van der Waals surface area contributed by atoms with Crippen LogP contribution in [0.2, 0.25) is 0 Å². The summed E-state index contributed by atoms with van der Waals surface area (Å²) in [4.78, 5) is 28.5. The average molecular weight is 338 g/mol. The maximum Gasteiger partial charge on any atom is 0.289 e. The molecule has 3 heterocycles. The Hall–Kier alpha value is -3.09. The molecule has 2 amide bonds. The lowest BCUT2D eigenvalue weighted by molar-refractivity contribution is 0.0516. The van der Waals surface area contributed by atoms with Crippen LogP contribution in [0.25, 0.3) is 10.9 Å². The Morgan fingerprint density at radius 1 is 1.08 bits per heavy atom. The Balaban J connectivity index is 1.47. The first-order valence-corrected chi connectivity index (χ1v) is 8.20. The summed E-state index contributed by atoms with van der Waals surface area (Å²) in [5.74, 6) is 0.0773. The van der Waals surface area contributed by atoms with Gasteiger partial charge < -0.3 is 14.2 Å². The van der Waals surface area contributed by atoms with E-state index in [0.717, 1.165) is 16.5 Å². The number of piperazine rings is 1. The quantitative estimate of drug-likeness (QED) is 0.775. The monoisotopic (exact) mass is 338 g/mol. The number of carbonyl (C=O) groups is 2. The normalized spacial score (nSPS) is 14.9. The van der Waals surface area contributed by atoms with Crippen molar-refractivity contribution in [2.45, 2.75) is 6.92 Å². The number of benzene rings is 1. The molecule has 128 valence electrons. The van der Waals surface area contributed by atoms with E-state index >= 15 is 0 Å². The van der Waals surface area contributed by atoms with E-state index in [9.17, 15) is 9.59 Å². The Kier molecular flexibility index (Phi) is 3.76. The molecule has 0 saturated carbocycles. The minimum Gasteiger partial charge on any atom is -0.459 e. The van der Waals surface area contributed by atoms with E-state index < -0.39 is 0 Å². The Labute approximate surface area is 144 Å². The van der Waals surface area contributed by atoms with Gasteiger partial charge in [0.1, 0.15) is 0 Å². The molecule has 7 heteroatoms. The Morgan fingerprint density at radius 3 is 2.48 bits per heavy atom. The number of H-pyrrole nitrogens is 1. The maximum atomic E-state index is 12.8. The summed E-state index contributed by atoms with van der Waals surface area (Å²) in [5.41, 5.74) is 2.36. The van der Waals surface area contributed by atoms with Crippen LogP contribution in [-0.4, -0.2) is 58.0 Å². The number of aromatic nitrogens is 2. The maximum absolute atomic E-state index is 12.8. The van der Waals surface area contributed by atoms with Crippen LogP contribution in [0, 0.1) is 6.92 Å². The third-order valence-electron chi connectivity index (χ3n) is 4.51. The fourth-order valence-corrected chi connectivity index (χ4v) is 3.11. The lowest BCUT2D eigenvalue weighted by Crippen LogP contribution is -2.50. The molecule has 4 rings (SSSR count). The molecule has 1 saturated heterocycles. The van der Waals surface area contributed by atoms with Crippen LogP contribution < -0.4 is 0 Å². The van der Waals surface area contributed by atoms with Crippen LogP contribution in [0.3, 0.4) is 0 Å². The van der Waals surface area contributed by atoms with Crippen molar-refractivity contribution in [3.8, 4) is 0 Å². The standard InChI is InChI=1S/C18H18N4O3/c1-12-4-5-14-13(11-12)16(20-19-14)18(24)22-8-6-21(7-9-22)17(23)15-3-2-10-25-15/h2-5,10-11H,6-9H2,1H3,(H,19,20). The van der Waals surface area contributed by atoms with Gasteiger partial charge in [0.25, 0.3) is 11.8 Å². The van der Waals surface area contributed by atoms with E-state index in [-0.39, 0.29) is 11.8 Å². The summed E-state index contributed by atoms with van der Waals surface area (Å²) >= 11 is 0. The summed E-state index contributed by atoms with van der Waals surface area (Å²) in [5, 5.41) is 7.93. The lowest BCUT2D eigenvalue weighted by Gasteiger charge is -2.34. The van der Waals surface area contributed by atoms with Gasteiger partial charge in [0.2, 0.25) is 0 Å². The van der Waals surface area contributed by atoms with Gasteiger partial charge in [-0.2, -0.15) is 5.10 Å². The summed E-state index contributed by atoms with van der Waals surface area (Å²) in [6.45, 7) is 3.90. The van der Waals surface area contributed by atoms with E-state index in [1.165, 1.54) is 6.26 Å². The highest BCUT2D eigenvalue weighted by atomic mass is 16.3. The predicted molar refractivity (Wildman–Crippen MR) is 91.3 cm³/mol. The summed E-state index contributed by atoms with van der Waals surface area (Å²) < 4.78 is 5.16. The lowest BCUT2D eigenvalue weighted by atomic mass is 10.1. The third-order valence-corrected chi connectivity index (χ3v) is 4.51. The van der Waals surface area contributed by atoms with Gasteiger partial charge >= 0.3 is 0 Å². The number of nitrogens with zero attached hydrogens (tertiary/aromatic N) is 3. The number of carbonyl (C=O) groups excluding carboxylic acids is 2. The molecule has 1 aromatic carbocycles.